The monoisotopic (exact) mass is 318 g/mol. The lowest BCUT2D eigenvalue weighted by Gasteiger charge is -2.20. The fraction of sp³-hybridized carbons (Fsp3) is 0.250. The molecule has 0 fully saturated rings. The largest absolute Gasteiger partial charge is 0.377 e. The SMILES string of the molecule is Cc1ccc(C(CN)Nc2cccc(Br)c2)cc1C. The molecular formula is C16H19BrN2. The van der Waals surface area contributed by atoms with Crippen molar-refractivity contribution in [2.45, 2.75) is 19.9 Å². The number of nitrogens with one attached hydrogen (secondary N) is 1. The molecule has 0 saturated carbocycles. The van der Waals surface area contributed by atoms with Gasteiger partial charge in [0.25, 0.3) is 0 Å². The van der Waals surface area contributed by atoms with Gasteiger partial charge in [0.05, 0.1) is 6.04 Å². The third-order valence-corrected chi connectivity index (χ3v) is 3.83. The Balaban J connectivity index is 2.22. The van der Waals surface area contributed by atoms with Crippen molar-refractivity contribution in [1.29, 1.82) is 0 Å². The molecule has 0 spiro atoms. The normalized spacial score (nSPS) is 12.2. The second-order valence-electron chi connectivity index (χ2n) is 4.79. The molecule has 0 aliphatic rings. The maximum atomic E-state index is 5.90. The van der Waals surface area contributed by atoms with E-state index in [9.17, 15) is 0 Å². The van der Waals surface area contributed by atoms with Crippen LogP contribution in [0.5, 0.6) is 0 Å². The Hall–Kier alpha value is -1.32. The van der Waals surface area contributed by atoms with E-state index in [0.717, 1.165) is 10.2 Å². The Bertz CT molecular complexity index is 566. The van der Waals surface area contributed by atoms with Crippen molar-refractivity contribution in [3.8, 4) is 0 Å². The first-order valence-corrected chi connectivity index (χ1v) is 7.19. The van der Waals surface area contributed by atoms with E-state index in [1.54, 1.807) is 0 Å². The highest BCUT2D eigenvalue weighted by Crippen LogP contribution is 2.23. The number of benzene rings is 2. The van der Waals surface area contributed by atoms with Gasteiger partial charge in [0.2, 0.25) is 0 Å². The van der Waals surface area contributed by atoms with Gasteiger partial charge >= 0.3 is 0 Å². The number of rotatable bonds is 4. The highest BCUT2D eigenvalue weighted by atomic mass is 79.9. The fourth-order valence-corrected chi connectivity index (χ4v) is 2.44. The highest BCUT2D eigenvalue weighted by Gasteiger charge is 2.10. The molecule has 2 aromatic carbocycles. The lowest BCUT2D eigenvalue weighted by atomic mass is 10.0. The summed E-state index contributed by atoms with van der Waals surface area (Å²) < 4.78 is 1.06. The Kier molecular flexibility index (Phi) is 4.61. The second kappa shape index (κ2) is 6.22. The van der Waals surface area contributed by atoms with Gasteiger partial charge in [-0.25, -0.2) is 0 Å². The van der Waals surface area contributed by atoms with Crippen LogP contribution in [0.25, 0.3) is 0 Å². The van der Waals surface area contributed by atoms with Gasteiger partial charge in [-0.15, -0.1) is 0 Å². The zero-order chi connectivity index (χ0) is 13.8. The first kappa shape index (κ1) is 14.1. The van der Waals surface area contributed by atoms with Gasteiger partial charge in [0.1, 0.15) is 0 Å². The van der Waals surface area contributed by atoms with E-state index in [2.05, 4.69) is 65.4 Å². The maximum absolute atomic E-state index is 5.90. The highest BCUT2D eigenvalue weighted by molar-refractivity contribution is 9.10. The number of nitrogens with two attached hydrogens (primary N) is 1. The molecule has 1 atom stereocenters. The van der Waals surface area contributed by atoms with Gasteiger partial charge in [-0.1, -0.05) is 40.2 Å². The molecule has 0 aliphatic heterocycles. The van der Waals surface area contributed by atoms with Crippen molar-refractivity contribution in [2.75, 3.05) is 11.9 Å². The van der Waals surface area contributed by atoms with Crippen molar-refractivity contribution in [3.63, 3.8) is 0 Å². The zero-order valence-electron chi connectivity index (χ0n) is 11.3. The molecule has 0 aliphatic carbocycles. The smallest absolute Gasteiger partial charge is 0.0636 e. The molecule has 0 heterocycles. The fourth-order valence-electron chi connectivity index (χ4n) is 2.04. The minimum Gasteiger partial charge on any atom is -0.377 e. The summed E-state index contributed by atoms with van der Waals surface area (Å²) in [5, 5.41) is 3.48. The van der Waals surface area contributed by atoms with Gasteiger partial charge in [0, 0.05) is 16.7 Å². The van der Waals surface area contributed by atoms with Crippen LogP contribution in [0.15, 0.2) is 46.9 Å². The third-order valence-electron chi connectivity index (χ3n) is 3.33. The summed E-state index contributed by atoms with van der Waals surface area (Å²) in [4.78, 5) is 0. The first-order valence-electron chi connectivity index (χ1n) is 6.39. The van der Waals surface area contributed by atoms with Crippen LogP contribution in [0.2, 0.25) is 0 Å². The average molecular weight is 319 g/mol. The first-order chi connectivity index (χ1) is 9.10. The van der Waals surface area contributed by atoms with Crippen LogP contribution < -0.4 is 11.1 Å². The van der Waals surface area contributed by atoms with E-state index in [0.29, 0.717) is 6.54 Å². The van der Waals surface area contributed by atoms with Crippen molar-refractivity contribution >= 4 is 21.6 Å². The van der Waals surface area contributed by atoms with Gasteiger partial charge in [-0.3, -0.25) is 0 Å². The number of anilines is 1. The molecule has 3 N–H and O–H groups in total. The summed E-state index contributed by atoms with van der Waals surface area (Å²) in [5.41, 5.74) is 10.8. The van der Waals surface area contributed by atoms with Gasteiger partial charge < -0.3 is 11.1 Å². The van der Waals surface area contributed by atoms with Gasteiger partial charge in [-0.2, -0.15) is 0 Å². The predicted octanol–water partition coefficient (Wildman–Crippen LogP) is 4.18. The summed E-state index contributed by atoms with van der Waals surface area (Å²) >= 11 is 3.48. The molecule has 2 rings (SSSR count). The molecule has 2 nitrogen and oxygen atoms in total. The minimum atomic E-state index is 0.133. The third kappa shape index (κ3) is 3.58. The van der Waals surface area contributed by atoms with Crippen LogP contribution in [0, 0.1) is 13.8 Å². The van der Waals surface area contributed by atoms with Gasteiger partial charge in [0.15, 0.2) is 0 Å². The Morgan fingerprint density at radius 2 is 1.89 bits per heavy atom. The number of hydrogen-bond donors (Lipinski definition) is 2. The van der Waals surface area contributed by atoms with Crippen LogP contribution in [-0.4, -0.2) is 6.54 Å². The maximum Gasteiger partial charge on any atom is 0.0636 e. The molecule has 0 amide bonds. The molecule has 2 aromatic rings. The molecule has 0 aromatic heterocycles. The Morgan fingerprint density at radius 3 is 2.53 bits per heavy atom. The standard InChI is InChI=1S/C16H19BrN2/c1-11-6-7-13(8-12(11)2)16(10-18)19-15-5-3-4-14(17)9-15/h3-9,16,19H,10,18H2,1-2H3. The summed E-state index contributed by atoms with van der Waals surface area (Å²) in [7, 11) is 0. The molecule has 100 valence electrons. The zero-order valence-corrected chi connectivity index (χ0v) is 12.9. The van der Waals surface area contributed by atoms with E-state index in [-0.39, 0.29) is 6.04 Å². The van der Waals surface area contributed by atoms with E-state index in [1.165, 1.54) is 16.7 Å². The average Bonchev–Trinajstić information content (AvgIpc) is 2.39. The molecule has 0 radical (unpaired) electrons. The van der Waals surface area contributed by atoms with Crippen molar-refractivity contribution in [3.05, 3.63) is 63.6 Å². The molecule has 19 heavy (non-hydrogen) atoms. The second-order valence-corrected chi connectivity index (χ2v) is 5.70. The van der Waals surface area contributed by atoms with Crippen LogP contribution in [0.4, 0.5) is 5.69 Å². The number of halogens is 1. The quantitative estimate of drug-likeness (QED) is 0.887. The van der Waals surface area contributed by atoms with E-state index in [1.807, 2.05) is 12.1 Å². The lowest BCUT2D eigenvalue weighted by Crippen LogP contribution is -2.20. The van der Waals surface area contributed by atoms with E-state index in [4.69, 9.17) is 5.73 Å². The number of hydrogen-bond acceptors (Lipinski definition) is 2. The van der Waals surface area contributed by atoms with Gasteiger partial charge in [-0.05, 0) is 48.7 Å². The Morgan fingerprint density at radius 1 is 1.11 bits per heavy atom. The van der Waals surface area contributed by atoms with E-state index >= 15 is 0 Å². The van der Waals surface area contributed by atoms with Crippen LogP contribution >= 0.6 is 15.9 Å². The van der Waals surface area contributed by atoms with Crippen LogP contribution in [0.3, 0.4) is 0 Å². The van der Waals surface area contributed by atoms with Crippen LogP contribution in [0.1, 0.15) is 22.7 Å². The molecule has 0 bridgehead atoms. The number of aryl methyl sites for hydroxylation is 2. The molecular weight excluding hydrogens is 300 g/mol. The summed E-state index contributed by atoms with van der Waals surface area (Å²) in [6.07, 6.45) is 0. The lowest BCUT2D eigenvalue weighted by molar-refractivity contribution is 0.788. The minimum absolute atomic E-state index is 0.133. The predicted molar refractivity (Wildman–Crippen MR) is 85.5 cm³/mol. The summed E-state index contributed by atoms with van der Waals surface area (Å²) in [6, 6.07) is 14.8. The molecule has 3 heteroatoms. The van der Waals surface area contributed by atoms with Crippen molar-refractivity contribution in [1.82, 2.24) is 0 Å². The van der Waals surface area contributed by atoms with E-state index < -0.39 is 0 Å². The summed E-state index contributed by atoms with van der Waals surface area (Å²) in [5.74, 6) is 0. The Labute approximate surface area is 123 Å². The molecule has 0 saturated heterocycles. The van der Waals surface area contributed by atoms with Crippen molar-refractivity contribution in [2.24, 2.45) is 5.73 Å². The van der Waals surface area contributed by atoms with Crippen LogP contribution in [-0.2, 0) is 0 Å². The topological polar surface area (TPSA) is 38.0 Å². The summed E-state index contributed by atoms with van der Waals surface area (Å²) in [6.45, 7) is 4.82. The molecule has 1 unspecified atom stereocenters. The van der Waals surface area contributed by atoms with Crippen molar-refractivity contribution < 1.29 is 0 Å².